The molecule has 0 spiro atoms. The number of nitrogens with one attached hydrogen (secondary N) is 1. The number of rotatable bonds is 7. The number of hydrogen-bond acceptors (Lipinski definition) is 5. The Balaban J connectivity index is 1.76. The number of benzene rings is 2. The van der Waals surface area contributed by atoms with E-state index in [0.29, 0.717) is 34.4 Å². The van der Waals surface area contributed by atoms with Gasteiger partial charge in [-0.3, -0.25) is 14.5 Å². The largest absolute Gasteiger partial charge is 0.454 e. The van der Waals surface area contributed by atoms with Crippen molar-refractivity contribution in [2.45, 2.75) is 40.3 Å². The molecule has 0 saturated carbocycles. The normalized spacial score (nSPS) is 12.5. The minimum Gasteiger partial charge on any atom is -0.454 e. The van der Waals surface area contributed by atoms with Gasteiger partial charge in [0.15, 0.2) is 17.3 Å². The second-order valence-electron chi connectivity index (χ2n) is 7.12. The van der Waals surface area contributed by atoms with Crippen molar-refractivity contribution in [2.24, 2.45) is 0 Å². The van der Waals surface area contributed by atoms with Crippen LogP contribution in [0.2, 0.25) is 0 Å². The average molecular weight is 382 g/mol. The summed E-state index contributed by atoms with van der Waals surface area (Å²) in [7, 11) is 0. The molecule has 2 aromatic rings. The molecule has 0 atom stereocenters. The third kappa shape index (κ3) is 4.34. The molecule has 0 aromatic heterocycles. The lowest BCUT2D eigenvalue weighted by Gasteiger charge is -2.24. The van der Waals surface area contributed by atoms with Gasteiger partial charge in [-0.2, -0.15) is 0 Å². The van der Waals surface area contributed by atoms with E-state index in [0.717, 1.165) is 18.7 Å². The maximum atomic E-state index is 12.7. The Labute approximate surface area is 165 Å². The molecule has 0 bridgehead atoms. The highest BCUT2D eigenvalue weighted by Crippen LogP contribution is 2.37. The SMILES string of the molecule is CCN(Cc1ccc(C(=O)Nc2cc3c(cc2C(C)=O)OCO3)cc1)C(C)C. The number of carbonyl (C=O) groups is 2. The summed E-state index contributed by atoms with van der Waals surface area (Å²) >= 11 is 0. The van der Waals surface area contributed by atoms with Gasteiger partial charge in [0.25, 0.3) is 5.91 Å². The fourth-order valence-corrected chi connectivity index (χ4v) is 3.19. The van der Waals surface area contributed by atoms with Crippen LogP contribution in [0.3, 0.4) is 0 Å². The highest BCUT2D eigenvalue weighted by Gasteiger charge is 2.20. The molecular formula is C22H26N2O4. The van der Waals surface area contributed by atoms with Gasteiger partial charge >= 0.3 is 0 Å². The zero-order chi connectivity index (χ0) is 20.3. The predicted octanol–water partition coefficient (Wildman–Crippen LogP) is 4.10. The summed E-state index contributed by atoms with van der Waals surface area (Å²) in [5.74, 6) is 0.601. The first-order valence-corrected chi connectivity index (χ1v) is 9.48. The lowest BCUT2D eigenvalue weighted by molar-refractivity contribution is 0.101. The van der Waals surface area contributed by atoms with Crippen LogP contribution in [0.5, 0.6) is 11.5 Å². The summed E-state index contributed by atoms with van der Waals surface area (Å²) in [5.41, 5.74) is 2.50. The van der Waals surface area contributed by atoms with Crippen LogP contribution in [-0.2, 0) is 6.54 Å². The van der Waals surface area contributed by atoms with Crippen molar-refractivity contribution < 1.29 is 19.1 Å². The van der Waals surface area contributed by atoms with Crippen molar-refractivity contribution in [3.05, 3.63) is 53.1 Å². The smallest absolute Gasteiger partial charge is 0.255 e. The molecule has 1 aliphatic rings. The molecule has 0 radical (unpaired) electrons. The molecule has 0 aliphatic carbocycles. The molecule has 1 N–H and O–H groups in total. The molecule has 1 heterocycles. The van der Waals surface area contributed by atoms with Gasteiger partial charge in [-0.05, 0) is 51.1 Å². The highest BCUT2D eigenvalue weighted by atomic mass is 16.7. The Hall–Kier alpha value is -2.86. The van der Waals surface area contributed by atoms with E-state index in [1.807, 2.05) is 12.1 Å². The topological polar surface area (TPSA) is 67.9 Å². The van der Waals surface area contributed by atoms with Crippen molar-refractivity contribution in [1.82, 2.24) is 4.90 Å². The molecule has 148 valence electrons. The van der Waals surface area contributed by atoms with Crippen LogP contribution in [-0.4, -0.2) is 36.0 Å². The lowest BCUT2D eigenvalue weighted by Crippen LogP contribution is -2.29. The van der Waals surface area contributed by atoms with Crippen LogP contribution < -0.4 is 14.8 Å². The van der Waals surface area contributed by atoms with Gasteiger partial charge in [0.1, 0.15) is 0 Å². The number of ketones is 1. The predicted molar refractivity (Wildman–Crippen MR) is 108 cm³/mol. The van der Waals surface area contributed by atoms with Gasteiger partial charge in [-0.1, -0.05) is 19.1 Å². The second-order valence-corrected chi connectivity index (χ2v) is 7.12. The quantitative estimate of drug-likeness (QED) is 0.730. The molecule has 6 nitrogen and oxygen atoms in total. The molecule has 0 unspecified atom stereocenters. The third-order valence-electron chi connectivity index (χ3n) is 4.88. The maximum Gasteiger partial charge on any atom is 0.255 e. The number of carbonyl (C=O) groups excluding carboxylic acids is 2. The van der Waals surface area contributed by atoms with E-state index in [1.54, 1.807) is 24.3 Å². The minimum absolute atomic E-state index is 0.108. The van der Waals surface area contributed by atoms with E-state index in [1.165, 1.54) is 6.92 Å². The van der Waals surface area contributed by atoms with Gasteiger partial charge in [0.2, 0.25) is 6.79 Å². The zero-order valence-electron chi connectivity index (χ0n) is 16.7. The monoisotopic (exact) mass is 382 g/mol. The highest BCUT2D eigenvalue weighted by molar-refractivity contribution is 6.09. The molecule has 0 saturated heterocycles. The van der Waals surface area contributed by atoms with Crippen molar-refractivity contribution in [3.63, 3.8) is 0 Å². The second kappa shape index (κ2) is 8.44. The van der Waals surface area contributed by atoms with Gasteiger partial charge < -0.3 is 14.8 Å². The molecule has 2 aromatic carbocycles. The number of amides is 1. The van der Waals surface area contributed by atoms with E-state index in [9.17, 15) is 9.59 Å². The van der Waals surface area contributed by atoms with E-state index < -0.39 is 0 Å². The molecule has 0 fully saturated rings. The first-order chi connectivity index (χ1) is 13.4. The maximum absolute atomic E-state index is 12.7. The molecule has 3 rings (SSSR count). The first-order valence-electron chi connectivity index (χ1n) is 9.48. The van der Waals surface area contributed by atoms with Crippen molar-refractivity contribution in [2.75, 3.05) is 18.7 Å². The molecule has 6 heteroatoms. The zero-order valence-corrected chi connectivity index (χ0v) is 16.7. The molecule has 1 aliphatic heterocycles. The van der Waals surface area contributed by atoms with Crippen LogP contribution in [0.1, 0.15) is 54.0 Å². The van der Waals surface area contributed by atoms with Crippen molar-refractivity contribution in [1.29, 1.82) is 0 Å². The van der Waals surface area contributed by atoms with Crippen LogP contribution in [0, 0.1) is 0 Å². The van der Waals surface area contributed by atoms with Gasteiger partial charge in [0, 0.05) is 29.8 Å². The Bertz CT molecular complexity index is 875. The number of fused-ring (bicyclic) bond motifs is 1. The van der Waals surface area contributed by atoms with Crippen LogP contribution in [0.15, 0.2) is 36.4 Å². The Morgan fingerprint density at radius 1 is 1.11 bits per heavy atom. The molecular weight excluding hydrogens is 356 g/mol. The van der Waals surface area contributed by atoms with E-state index in [-0.39, 0.29) is 18.5 Å². The van der Waals surface area contributed by atoms with E-state index >= 15 is 0 Å². The summed E-state index contributed by atoms with van der Waals surface area (Å²) in [6.07, 6.45) is 0. The van der Waals surface area contributed by atoms with Crippen molar-refractivity contribution >= 4 is 17.4 Å². The number of nitrogens with zero attached hydrogens (tertiary/aromatic N) is 1. The Morgan fingerprint density at radius 2 is 1.75 bits per heavy atom. The summed E-state index contributed by atoms with van der Waals surface area (Å²) in [6, 6.07) is 11.2. The summed E-state index contributed by atoms with van der Waals surface area (Å²) in [6.45, 7) is 9.85. The number of anilines is 1. The third-order valence-corrected chi connectivity index (χ3v) is 4.88. The van der Waals surface area contributed by atoms with E-state index in [2.05, 4.69) is 31.0 Å². The van der Waals surface area contributed by atoms with Gasteiger partial charge in [-0.25, -0.2) is 0 Å². The van der Waals surface area contributed by atoms with Crippen LogP contribution in [0.4, 0.5) is 5.69 Å². The standard InChI is InChI=1S/C22H26N2O4/c1-5-24(14(2)3)12-16-6-8-17(9-7-16)22(26)23-19-11-21-20(27-13-28-21)10-18(19)15(4)25/h6-11,14H,5,12-13H2,1-4H3,(H,23,26). The summed E-state index contributed by atoms with van der Waals surface area (Å²) in [4.78, 5) is 27.0. The summed E-state index contributed by atoms with van der Waals surface area (Å²) < 4.78 is 10.7. The summed E-state index contributed by atoms with van der Waals surface area (Å²) in [5, 5.41) is 2.82. The molecule has 1 amide bonds. The average Bonchev–Trinajstić information content (AvgIpc) is 3.12. The fraction of sp³-hybridized carbons (Fsp3) is 0.364. The van der Waals surface area contributed by atoms with Crippen LogP contribution in [0.25, 0.3) is 0 Å². The first kappa shape index (κ1) is 19.9. The number of ether oxygens (including phenoxy) is 2. The Morgan fingerprint density at radius 3 is 2.32 bits per heavy atom. The fourth-order valence-electron chi connectivity index (χ4n) is 3.19. The lowest BCUT2D eigenvalue weighted by atomic mass is 10.1. The number of hydrogen-bond donors (Lipinski definition) is 1. The van der Waals surface area contributed by atoms with Crippen LogP contribution >= 0.6 is 0 Å². The van der Waals surface area contributed by atoms with E-state index in [4.69, 9.17) is 9.47 Å². The van der Waals surface area contributed by atoms with Crippen molar-refractivity contribution in [3.8, 4) is 11.5 Å². The van der Waals surface area contributed by atoms with Gasteiger partial charge in [-0.15, -0.1) is 0 Å². The minimum atomic E-state index is -0.274. The number of Topliss-reactive ketones (excluding diaryl/α,β-unsaturated/α-hetero) is 1. The van der Waals surface area contributed by atoms with Gasteiger partial charge in [0.05, 0.1) is 5.69 Å². The Kier molecular flexibility index (Phi) is 5.99. The molecule has 28 heavy (non-hydrogen) atoms.